The van der Waals surface area contributed by atoms with E-state index in [0.29, 0.717) is 0 Å². The van der Waals surface area contributed by atoms with E-state index in [1.54, 1.807) is 0 Å². The second-order valence-corrected chi connectivity index (χ2v) is 3.34. The molecule has 0 heterocycles. The van der Waals surface area contributed by atoms with E-state index in [1.807, 2.05) is 0 Å². The lowest BCUT2D eigenvalue weighted by molar-refractivity contribution is -0.132. The smallest absolute Gasteiger partial charge is 0.357 e. The van der Waals surface area contributed by atoms with Gasteiger partial charge in [-0.3, -0.25) is 0 Å². The zero-order valence-electron chi connectivity index (χ0n) is 11.8. The number of carbonyl (C=O) groups excluding carboxylic acids is 1. The highest BCUT2D eigenvalue weighted by Gasteiger charge is 2.15. The third kappa shape index (κ3) is 10.9. The molecule has 1 aromatic rings. The van der Waals surface area contributed by atoms with Crippen LogP contribution in [0.5, 0.6) is 0 Å². The topological polar surface area (TPSA) is 164 Å². The summed E-state index contributed by atoms with van der Waals surface area (Å²) >= 11 is 0. The van der Waals surface area contributed by atoms with E-state index in [9.17, 15) is 19.2 Å². The van der Waals surface area contributed by atoms with Crippen LogP contribution in [0, 0.1) is 0 Å². The molecule has 5 N–H and O–H groups in total. The Bertz CT molecular complexity index is 576. The molecule has 0 aromatic heterocycles. The maximum atomic E-state index is 10.9. The summed E-state index contributed by atoms with van der Waals surface area (Å²) in [7, 11) is 0. The number of hydrogen-bond donors (Lipinski definition) is 4. The lowest BCUT2D eigenvalue weighted by Crippen LogP contribution is -2.14. The minimum absolute atomic E-state index is 0.0579. The number of carboxylic acids is 3. The molecule has 23 heavy (non-hydrogen) atoms. The molecule has 0 spiro atoms. The molecule has 0 atom stereocenters. The van der Waals surface area contributed by atoms with Crippen molar-refractivity contribution in [3.8, 4) is 0 Å². The highest BCUT2D eigenvalue weighted by molar-refractivity contribution is 6.02. The van der Waals surface area contributed by atoms with Crippen molar-refractivity contribution in [1.29, 1.82) is 0 Å². The predicted octanol–water partition coefficient (Wildman–Crippen LogP) is 0.929. The molecule has 0 fully saturated rings. The number of aliphatic carboxylic acids is 2. The summed E-state index contributed by atoms with van der Waals surface area (Å²) in [6.45, 7) is 5.92. The minimum atomic E-state index is -1.19. The summed E-state index contributed by atoms with van der Waals surface area (Å²) in [5.74, 6) is 0.611. The Morgan fingerprint density at radius 2 is 1.26 bits per heavy atom. The first kappa shape index (κ1) is 21.8. The van der Waals surface area contributed by atoms with Gasteiger partial charge in [0.2, 0.25) is 0 Å². The number of carboxylic acid groups (broad SMARTS) is 3. The molecule has 9 heteroatoms. The minimum Gasteiger partial charge on any atom is -0.478 e. The summed E-state index contributed by atoms with van der Waals surface area (Å²) in [6, 6.07) is 5.67. The van der Waals surface area contributed by atoms with Gasteiger partial charge in [-0.25, -0.2) is 19.2 Å². The molecule has 9 nitrogen and oxygen atoms in total. The standard InChI is InChI=1S/C8H7NO4.2C3H4O2/c9-13-8(12)6-4-2-1-3-5(6)7(10)11;2*1-2-3(4)5/h1-4H,9H2,(H,10,11);2*2H,1H2,(H,4,5). The van der Waals surface area contributed by atoms with E-state index < -0.39 is 23.9 Å². The Kier molecular flexibility index (Phi) is 11.7. The molecule has 1 aromatic carbocycles. The van der Waals surface area contributed by atoms with Gasteiger partial charge in [-0.05, 0) is 12.1 Å². The molecule has 0 saturated heterocycles. The molecule has 0 aliphatic carbocycles. The number of aromatic carboxylic acids is 1. The summed E-state index contributed by atoms with van der Waals surface area (Å²) in [6.07, 6.45) is 1.67. The van der Waals surface area contributed by atoms with E-state index in [2.05, 4.69) is 23.9 Å². The van der Waals surface area contributed by atoms with Gasteiger partial charge in [0.1, 0.15) is 0 Å². The van der Waals surface area contributed by atoms with Crippen molar-refractivity contribution in [3.05, 3.63) is 60.7 Å². The van der Waals surface area contributed by atoms with Crippen LogP contribution in [0.1, 0.15) is 20.7 Å². The molecule has 0 saturated carbocycles. The first-order valence-corrected chi connectivity index (χ1v) is 5.65. The Morgan fingerprint density at radius 1 is 0.913 bits per heavy atom. The van der Waals surface area contributed by atoms with Crippen LogP contribution in [-0.4, -0.2) is 39.2 Å². The quantitative estimate of drug-likeness (QED) is 0.465. The molecule has 0 unspecified atom stereocenters. The molecule has 1 rings (SSSR count). The van der Waals surface area contributed by atoms with Gasteiger partial charge < -0.3 is 20.2 Å². The van der Waals surface area contributed by atoms with E-state index in [1.165, 1.54) is 24.3 Å². The Morgan fingerprint density at radius 3 is 1.52 bits per heavy atom. The molecular formula is C14H15NO8. The van der Waals surface area contributed by atoms with Gasteiger partial charge in [0, 0.05) is 12.2 Å². The van der Waals surface area contributed by atoms with Crippen molar-refractivity contribution in [1.82, 2.24) is 0 Å². The van der Waals surface area contributed by atoms with Crippen LogP contribution >= 0.6 is 0 Å². The molecule has 0 amide bonds. The van der Waals surface area contributed by atoms with Crippen LogP contribution in [0.25, 0.3) is 0 Å². The van der Waals surface area contributed by atoms with Gasteiger partial charge in [-0.15, -0.1) is 0 Å². The van der Waals surface area contributed by atoms with Crippen LogP contribution in [-0.2, 0) is 14.4 Å². The SMILES string of the molecule is C=CC(=O)O.C=CC(=O)O.NOC(=O)c1ccccc1C(=O)O. The number of nitrogens with two attached hydrogens (primary N) is 1. The van der Waals surface area contributed by atoms with Crippen molar-refractivity contribution in [2.45, 2.75) is 0 Å². The summed E-state index contributed by atoms with van der Waals surface area (Å²) in [4.78, 5) is 43.9. The highest BCUT2D eigenvalue weighted by Crippen LogP contribution is 2.09. The zero-order chi connectivity index (χ0) is 18.4. The molecule has 0 radical (unpaired) electrons. The van der Waals surface area contributed by atoms with Gasteiger partial charge in [-0.2, -0.15) is 5.90 Å². The summed E-state index contributed by atoms with van der Waals surface area (Å²) in [5, 5.41) is 23.9. The maximum absolute atomic E-state index is 10.9. The lowest BCUT2D eigenvalue weighted by Gasteiger charge is -2.01. The zero-order valence-corrected chi connectivity index (χ0v) is 11.8. The number of carbonyl (C=O) groups is 4. The highest BCUT2D eigenvalue weighted by atomic mass is 16.7. The fraction of sp³-hybridized carbons (Fsp3) is 0. The first-order valence-electron chi connectivity index (χ1n) is 5.65. The van der Waals surface area contributed by atoms with Gasteiger partial charge >= 0.3 is 23.9 Å². The fourth-order valence-electron chi connectivity index (χ4n) is 0.911. The summed E-state index contributed by atoms with van der Waals surface area (Å²) < 4.78 is 0. The van der Waals surface area contributed by atoms with E-state index in [0.717, 1.165) is 12.2 Å². The molecule has 0 aliphatic heterocycles. The summed E-state index contributed by atoms with van der Waals surface area (Å²) in [5.41, 5.74) is -0.185. The number of rotatable bonds is 4. The molecular weight excluding hydrogens is 310 g/mol. The molecule has 124 valence electrons. The van der Waals surface area contributed by atoms with E-state index >= 15 is 0 Å². The van der Waals surface area contributed by atoms with Crippen LogP contribution < -0.4 is 5.90 Å². The predicted molar refractivity (Wildman–Crippen MR) is 78.7 cm³/mol. The van der Waals surface area contributed by atoms with Crippen LogP contribution in [0.15, 0.2) is 49.6 Å². The Hall–Kier alpha value is -3.46. The lowest BCUT2D eigenvalue weighted by atomic mass is 10.1. The van der Waals surface area contributed by atoms with Gasteiger partial charge in [0.25, 0.3) is 0 Å². The van der Waals surface area contributed by atoms with E-state index in [-0.39, 0.29) is 11.1 Å². The van der Waals surface area contributed by atoms with Crippen LogP contribution in [0.2, 0.25) is 0 Å². The van der Waals surface area contributed by atoms with Gasteiger partial charge in [0.15, 0.2) is 0 Å². The maximum Gasteiger partial charge on any atom is 0.357 e. The average molecular weight is 325 g/mol. The van der Waals surface area contributed by atoms with Crippen molar-refractivity contribution >= 4 is 23.9 Å². The monoisotopic (exact) mass is 325 g/mol. The third-order valence-corrected chi connectivity index (χ3v) is 1.83. The first-order chi connectivity index (χ1) is 10.7. The second kappa shape index (κ2) is 12.3. The van der Waals surface area contributed by atoms with Crippen molar-refractivity contribution < 1.29 is 39.3 Å². The third-order valence-electron chi connectivity index (χ3n) is 1.83. The Labute approximate surface area is 130 Å². The number of hydrogen-bond acceptors (Lipinski definition) is 6. The van der Waals surface area contributed by atoms with Crippen molar-refractivity contribution in [2.24, 2.45) is 5.90 Å². The fourth-order valence-corrected chi connectivity index (χ4v) is 0.911. The van der Waals surface area contributed by atoms with E-state index in [4.69, 9.17) is 15.3 Å². The second-order valence-electron chi connectivity index (χ2n) is 3.34. The largest absolute Gasteiger partial charge is 0.478 e. The van der Waals surface area contributed by atoms with Crippen molar-refractivity contribution in [2.75, 3.05) is 0 Å². The normalized spacial score (nSPS) is 8.04. The van der Waals surface area contributed by atoms with Gasteiger partial charge in [-0.1, -0.05) is 25.3 Å². The van der Waals surface area contributed by atoms with Gasteiger partial charge in [0.05, 0.1) is 11.1 Å². The van der Waals surface area contributed by atoms with Crippen molar-refractivity contribution in [3.63, 3.8) is 0 Å². The number of benzene rings is 1. The molecule has 0 bridgehead atoms. The Balaban J connectivity index is 0. The van der Waals surface area contributed by atoms with Crippen LogP contribution in [0.3, 0.4) is 0 Å². The average Bonchev–Trinajstić information content (AvgIpc) is 2.54. The molecule has 0 aliphatic rings. The van der Waals surface area contributed by atoms with Crippen LogP contribution in [0.4, 0.5) is 0 Å².